The van der Waals surface area contributed by atoms with Crippen molar-refractivity contribution in [2.75, 3.05) is 14.2 Å². The molecule has 0 aliphatic rings. The summed E-state index contributed by atoms with van der Waals surface area (Å²) in [5, 5.41) is 7.64. The lowest BCUT2D eigenvalue weighted by molar-refractivity contribution is 0.401. The molecule has 0 aliphatic heterocycles. The number of aromatic nitrogens is 3. The summed E-state index contributed by atoms with van der Waals surface area (Å²) >= 11 is 0. The van der Waals surface area contributed by atoms with Crippen LogP contribution in [0, 0.1) is 0 Å². The highest BCUT2D eigenvalue weighted by molar-refractivity contribution is 5.35. The third-order valence-electron chi connectivity index (χ3n) is 2.97. The summed E-state index contributed by atoms with van der Waals surface area (Å²) in [5.74, 6) is 0.799. The Morgan fingerprint density at radius 2 is 2.11 bits per heavy atom. The zero-order valence-electron chi connectivity index (χ0n) is 10.9. The van der Waals surface area contributed by atoms with Crippen LogP contribution in [0.25, 0.3) is 0 Å². The van der Waals surface area contributed by atoms with Gasteiger partial charge in [-0.1, -0.05) is 0 Å². The van der Waals surface area contributed by atoms with E-state index in [0.717, 1.165) is 23.6 Å². The van der Waals surface area contributed by atoms with Crippen LogP contribution >= 0.6 is 0 Å². The van der Waals surface area contributed by atoms with Gasteiger partial charge in [-0.25, -0.2) is 0 Å². The van der Waals surface area contributed by atoms with Crippen molar-refractivity contribution in [1.29, 1.82) is 0 Å². The number of aryl methyl sites for hydroxylation is 1. The van der Waals surface area contributed by atoms with Crippen LogP contribution < -0.4 is 10.1 Å². The number of ether oxygens (including phenoxy) is 1. The minimum atomic E-state index is 0.0467. The van der Waals surface area contributed by atoms with E-state index in [1.54, 1.807) is 25.7 Å². The van der Waals surface area contributed by atoms with Gasteiger partial charge < -0.3 is 10.1 Å². The maximum atomic E-state index is 5.39. The molecule has 0 saturated carbocycles. The molecule has 0 aromatic carbocycles. The fraction of sp³-hybridized carbons (Fsp3) is 0.385. The Hall–Kier alpha value is -1.88. The van der Waals surface area contributed by atoms with Crippen LogP contribution in [0.15, 0.2) is 30.7 Å². The summed E-state index contributed by atoms with van der Waals surface area (Å²) in [6.07, 6.45) is 5.34. The van der Waals surface area contributed by atoms with Crippen LogP contribution in [0.3, 0.4) is 0 Å². The Morgan fingerprint density at radius 3 is 2.67 bits per heavy atom. The van der Waals surface area contributed by atoms with E-state index >= 15 is 0 Å². The van der Waals surface area contributed by atoms with Gasteiger partial charge in [0.2, 0.25) is 0 Å². The Bertz CT molecular complexity index is 473. The highest BCUT2D eigenvalue weighted by Crippen LogP contribution is 2.29. The van der Waals surface area contributed by atoms with E-state index in [9.17, 15) is 0 Å². The molecule has 0 radical (unpaired) electrons. The molecule has 2 heterocycles. The van der Waals surface area contributed by atoms with E-state index in [1.165, 1.54) is 0 Å². The average Bonchev–Trinajstić information content (AvgIpc) is 2.84. The van der Waals surface area contributed by atoms with Crippen molar-refractivity contribution >= 4 is 0 Å². The fourth-order valence-corrected chi connectivity index (χ4v) is 2.10. The number of nitrogens with zero attached hydrogens (tertiary/aromatic N) is 3. The van der Waals surface area contributed by atoms with Gasteiger partial charge in [0, 0.05) is 18.9 Å². The molecule has 0 saturated heterocycles. The molecule has 5 nitrogen and oxygen atoms in total. The second kappa shape index (κ2) is 5.64. The van der Waals surface area contributed by atoms with Crippen molar-refractivity contribution in [1.82, 2.24) is 20.1 Å². The SMILES string of the molecule is CCn1ncc(OC)c1C(NC)c1ccncc1. The van der Waals surface area contributed by atoms with Crippen LogP contribution in [0.4, 0.5) is 0 Å². The Balaban J connectivity index is 2.47. The van der Waals surface area contributed by atoms with E-state index in [2.05, 4.69) is 22.3 Å². The minimum absolute atomic E-state index is 0.0467. The molecular formula is C13H18N4O. The third kappa shape index (κ3) is 2.22. The Morgan fingerprint density at radius 1 is 1.39 bits per heavy atom. The molecule has 2 aromatic heterocycles. The van der Waals surface area contributed by atoms with Crippen LogP contribution in [0.1, 0.15) is 24.2 Å². The van der Waals surface area contributed by atoms with Gasteiger partial charge in [0.1, 0.15) is 5.69 Å². The molecule has 1 atom stereocenters. The molecule has 5 heteroatoms. The maximum absolute atomic E-state index is 5.39. The number of nitrogens with one attached hydrogen (secondary N) is 1. The molecule has 96 valence electrons. The molecule has 1 unspecified atom stereocenters. The number of pyridine rings is 1. The Kier molecular flexibility index (Phi) is 3.94. The number of rotatable bonds is 5. The van der Waals surface area contributed by atoms with Gasteiger partial charge in [0.05, 0.1) is 19.3 Å². The van der Waals surface area contributed by atoms with Gasteiger partial charge in [-0.3, -0.25) is 9.67 Å². The molecule has 0 spiro atoms. The average molecular weight is 246 g/mol. The van der Waals surface area contributed by atoms with Crippen LogP contribution in [0.5, 0.6) is 5.75 Å². The first-order valence-electron chi connectivity index (χ1n) is 5.98. The molecule has 0 bridgehead atoms. The van der Waals surface area contributed by atoms with Gasteiger partial charge >= 0.3 is 0 Å². The van der Waals surface area contributed by atoms with E-state index in [1.807, 2.05) is 23.9 Å². The number of hydrogen-bond acceptors (Lipinski definition) is 4. The van der Waals surface area contributed by atoms with Crippen LogP contribution in [0.2, 0.25) is 0 Å². The lowest BCUT2D eigenvalue weighted by Crippen LogP contribution is -2.22. The Labute approximate surface area is 107 Å². The summed E-state index contributed by atoms with van der Waals surface area (Å²) in [6, 6.07) is 4.03. The standard InChI is InChI=1S/C13H18N4O/c1-4-17-13(11(18-3)9-16-17)12(14-2)10-5-7-15-8-6-10/h5-9,12,14H,4H2,1-3H3. The molecule has 0 amide bonds. The summed E-state index contributed by atoms with van der Waals surface area (Å²) in [4.78, 5) is 4.05. The molecule has 2 rings (SSSR count). The number of methoxy groups -OCH3 is 1. The van der Waals surface area contributed by atoms with Crippen molar-refractivity contribution in [3.05, 3.63) is 42.0 Å². The molecule has 2 aromatic rings. The first kappa shape index (κ1) is 12.6. The summed E-state index contributed by atoms with van der Waals surface area (Å²) < 4.78 is 7.34. The molecule has 1 N–H and O–H groups in total. The lowest BCUT2D eigenvalue weighted by Gasteiger charge is -2.19. The largest absolute Gasteiger partial charge is 0.493 e. The van der Waals surface area contributed by atoms with Gasteiger partial charge in [-0.2, -0.15) is 5.10 Å². The van der Waals surface area contributed by atoms with Gasteiger partial charge in [0.15, 0.2) is 5.75 Å². The summed E-state index contributed by atoms with van der Waals surface area (Å²) in [5.41, 5.74) is 2.18. The van der Waals surface area contributed by atoms with Gasteiger partial charge in [-0.05, 0) is 31.7 Å². The first-order valence-corrected chi connectivity index (χ1v) is 5.98. The van der Waals surface area contributed by atoms with Gasteiger partial charge in [-0.15, -0.1) is 0 Å². The predicted octanol–water partition coefficient (Wildman–Crippen LogP) is 1.62. The van der Waals surface area contributed by atoms with Crippen molar-refractivity contribution in [2.24, 2.45) is 0 Å². The minimum Gasteiger partial charge on any atom is -0.493 e. The van der Waals surface area contributed by atoms with E-state index in [-0.39, 0.29) is 6.04 Å². The van der Waals surface area contributed by atoms with Crippen LogP contribution in [-0.4, -0.2) is 28.9 Å². The number of hydrogen-bond donors (Lipinski definition) is 1. The highest BCUT2D eigenvalue weighted by atomic mass is 16.5. The molecular weight excluding hydrogens is 228 g/mol. The summed E-state index contributed by atoms with van der Waals surface area (Å²) in [7, 11) is 3.59. The van der Waals surface area contributed by atoms with E-state index < -0.39 is 0 Å². The summed E-state index contributed by atoms with van der Waals surface area (Å²) in [6.45, 7) is 2.87. The molecule has 18 heavy (non-hydrogen) atoms. The normalized spacial score (nSPS) is 12.4. The van der Waals surface area contributed by atoms with Crippen molar-refractivity contribution in [3.63, 3.8) is 0 Å². The smallest absolute Gasteiger partial charge is 0.161 e. The second-order valence-electron chi connectivity index (χ2n) is 3.92. The second-order valence-corrected chi connectivity index (χ2v) is 3.92. The van der Waals surface area contributed by atoms with E-state index in [4.69, 9.17) is 4.74 Å². The quantitative estimate of drug-likeness (QED) is 0.871. The predicted molar refractivity (Wildman–Crippen MR) is 69.6 cm³/mol. The first-order chi connectivity index (χ1) is 8.81. The van der Waals surface area contributed by atoms with Crippen molar-refractivity contribution in [3.8, 4) is 5.75 Å². The highest BCUT2D eigenvalue weighted by Gasteiger charge is 2.21. The van der Waals surface area contributed by atoms with E-state index in [0.29, 0.717) is 0 Å². The molecule has 0 fully saturated rings. The third-order valence-corrected chi connectivity index (χ3v) is 2.97. The van der Waals surface area contributed by atoms with Crippen molar-refractivity contribution < 1.29 is 4.74 Å². The fourth-order valence-electron chi connectivity index (χ4n) is 2.10. The lowest BCUT2D eigenvalue weighted by atomic mass is 10.0. The van der Waals surface area contributed by atoms with Gasteiger partial charge in [0.25, 0.3) is 0 Å². The zero-order chi connectivity index (χ0) is 13.0. The molecule has 0 aliphatic carbocycles. The zero-order valence-corrected chi connectivity index (χ0v) is 10.9. The maximum Gasteiger partial charge on any atom is 0.161 e. The van der Waals surface area contributed by atoms with Crippen molar-refractivity contribution in [2.45, 2.75) is 19.5 Å². The monoisotopic (exact) mass is 246 g/mol. The van der Waals surface area contributed by atoms with Crippen LogP contribution in [-0.2, 0) is 6.54 Å². The topological polar surface area (TPSA) is 52.0 Å².